The number of nitrogens with one attached hydrogen (secondary N) is 1. The Balaban J connectivity index is 1.80. The van der Waals surface area contributed by atoms with Crippen LogP contribution in [0.15, 0.2) is 12.4 Å². The van der Waals surface area contributed by atoms with Gasteiger partial charge in [0, 0.05) is 19.8 Å². The smallest absolute Gasteiger partial charge is 0.359 e. The number of carbonyl (C=O) groups is 1. The Morgan fingerprint density at radius 1 is 1.41 bits per heavy atom. The molecule has 118 valence electrons. The fraction of sp³-hybridized carbons (Fsp3) is 0.571. The molecule has 0 unspecified atom stereocenters. The minimum absolute atomic E-state index is 0.263. The molecule has 0 bridgehead atoms. The largest absolute Gasteiger partial charge is 0.464 e. The van der Waals surface area contributed by atoms with Crippen LogP contribution in [0.2, 0.25) is 0 Å². The fourth-order valence-corrected chi connectivity index (χ4v) is 2.76. The van der Waals surface area contributed by atoms with E-state index in [0.29, 0.717) is 17.2 Å². The lowest BCUT2D eigenvalue weighted by Gasteiger charge is -2.21. The first kappa shape index (κ1) is 14.7. The minimum Gasteiger partial charge on any atom is -0.464 e. The normalized spacial score (nSPS) is 15.9. The Hall–Kier alpha value is -2.22. The molecule has 0 spiro atoms. The van der Waals surface area contributed by atoms with Crippen molar-refractivity contribution in [2.75, 3.05) is 20.2 Å². The zero-order valence-corrected chi connectivity index (χ0v) is 12.8. The average molecular weight is 304 g/mol. The lowest BCUT2D eigenvalue weighted by molar-refractivity contribution is 0.0594. The molecule has 3 rings (SSSR count). The first-order valence-electron chi connectivity index (χ1n) is 7.40. The first-order valence-corrected chi connectivity index (χ1v) is 7.40. The van der Waals surface area contributed by atoms with Gasteiger partial charge in [0.1, 0.15) is 5.69 Å². The first-order chi connectivity index (χ1) is 10.7. The van der Waals surface area contributed by atoms with Crippen molar-refractivity contribution in [3.8, 4) is 11.3 Å². The molecule has 8 nitrogen and oxygen atoms in total. The van der Waals surface area contributed by atoms with E-state index in [0.717, 1.165) is 32.5 Å². The topological polar surface area (TPSA) is 86.9 Å². The number of esters is 1. The van der Waals surface area contributed by atoms with Gasteiger partial charge in [-0.1, -0.05) is 5.21 Å². The van der Waals surface area contributed by atoms with Crippen LogP contribution >= 0.6 is 0 Å². The number of methoxy groups -OCH3 is 1. The van der Waals surface area contributed by atoms with Crippen LogP contribution in [0, 0.1) is 5.92 Å². The highest BCUT2D eigenvalue weighted by Gasteiger charge is 2.21. The summed E-state index contributed by atoms with van der Waals surface area (Å²) in [6.45, 7) is 2.96. The van der Waals surface area contributed by atoms with E-state index in [9.17, 15) is 4.79 Å². The molecule has 0 atom stereocenters. The second-order valence-corrected chi connectivity index (χ2v) is 5.58. The van der Waals surface area contributed by atoms with Crippen LogP contribution in [0.5, 0.6) is 0 Å². The van der Waals surface area contributed by atoms with Gasteiger partial charge in [0.05, 0.1) is 18.9 Å². The summed E-state index contributed by atoms with van der Waals surface area (Å²) in [6.07, 6.45) is 5.92. The van der Waals surface area contributed by atoms with Crippen molar-refractivity contribution in [3.05, 3.63) is 18.1 Å². The van der Waals surface area contributed by atoms with Gasteiger partial charge >= 0.3 is 5.97 Å². The van der Waals surface area contributed by atoms with E-state index in [4.69, 9.17) is 4.74 Å². The molecule has 0 aliphatic carbocycles. The van der Waals surface area contributed by atoms with Gasteiger partial charge < -0.3 is 10.1 Å². The van der Waals surface area contributed by atoms with Gasteiger partial charge in [0.25, 0.3) is 0 Å². The van der Waals surface area contributed by atoms with Crippen LogP contribution in [0.3, 0.4) is 0 Å². The highest BCUT2D eigenvalue weighted by Crippen LogP contribution is 2.22. The van der Waals surface area contributed by atoms with Gasteiger partial charge in [-0.3, -0.25) is 9.36 Å². The van der Waals surface area contributed by atoms with Gasteiger partial charge in [0.2, 0.25) is 0 Å². The van der Waals surface area contributed by atoms with E-state index in [2.05, 4.69) is 20.7 Å². The summed E-state index contributed by atoms with van der Waals surface area (Å²) in [4.78, 5) is 11.8. The highest BCUT2D eigenvalue weighted by molar-refractivity contribution is 5.94. The predicted octanol–water partition coefficient (Wildman–Crippen LogP) is 0.465. The number of rotatable bonds is 4. The maximum absolute atomic E-state index is 11.8. The van der Waals surface area contributed by atoms with Crippen LogP contribution in [0.1, 0.15) is 23.3 Å². The summed E-state index contributed by atoms with van der Waals surface area (Å²) in [7, 11) is 3.10. The molecule has 1 aliphatic heterocycles. The summed E-state index contributed by atoms with van der Waals surface area (Å²) in [5, 5.41) is 15.9. The number of aryl methyl sites for hydroxylation is 1. The maximum Gasteiger partial charge on any atom is 0.359 e. The molecule has 1 N–H and O–H groups in total. The van der Waals surface area contributed by atoms with Crippen molar-refractivity contribution in [2.45, 2.75) is 19.4 Å². The molecular weight excluding hydrogens is 284 g/mol. The molecule has 1 fully saturated rings. The Labute approximate surface area is 128 Å². The Morgan fingerprint density at radius 3 is 2.91 bits per heavy atom. The molecular formula is C14H20N6O2. The molecule has 1 saturated heterocycles. The number of ether oxygens (including phenoxy) is 1. The molecule has 2 aromatic heterocycles. The van der Waals surface area contributed by atoms with Crippen LogP contribution in [-0.2, 0) is 18.3 Å². The number of piperidine rings is 1. The van der Waals surface area contributed by atoms with Crippen LogP contribution in [0.4, 0.5) is 0 Å². The number of aromatic nitrogens is 5. The maximum atomic E-state index is 11.8. The zero-order valence-electron chi connectivity index (χ0n) is 12.8. The molecule has 1 aliphatic rings. The third kappa shape index (κ3) is 3.01. The van der Waals surface area contributed by atoms with Crippen LogP contribution in [0.25, 0.3) is 11.3 Å². The van der Waals surface area contributed by atoms with Gasteiger partial charge in [-0.2, -0.15) is 5.10 Å². The summed E-state index contributed by atoms with van der Waals surface area (Å²) in [6, 6.07) is 0. The van der Waals surface area contributed by atoms with E-state index < -0.39 is 5.97 Å². The van der Waals surface area contributed by atoms with Crippen molar-refractivity contribution in [1.82, 2.24) is 30.1 Å². The molecule has 22 heavy (non-hydrogen) atoms. The van der Waals surface area contributed by atoms with Crippen LogP contribution < -0.4 is 5.32 Å². The van der Waals surface area contributed by atoms with Crippen molar-refractivity contribution < 1.29 is 9.53 Å². The highest BCUT2D eigenvalue weighted by atomic mass is 16.5. The van der Waals surface area contributed by atoms with E-state index in [-0.39, 0.29) is 5.69 Å². The zero-order chi connectivity index (χ0) is 15.5. The number of nitrogens with zero attached hydrogens (tertiary/aromatic N) is 5. The van der Waals surface area contributed by atoms with Crippen molar-refractivity contribution in [1.29, 1.82) is 0 Å². The lowest BCUT2D eigenvalue weighted by atomic mass is 9.98. The van der Waals surface area contributed by atoms with E-state index in [1.807, 2.05) is 10.9 Å². The third-order valence-corrected chi connectivity index (χ3v) is 3.93. The van der Waals surface area contributed by atoms with Gasteiger partial charge in [-0.25, -0.2) is 4.79 Å². The standard InChI is InChI=1S/C14H20N6O2/c1-19-8-11(13(17-19)14(21)22-2)12-9-20(18-16-12)7-10-3-5-15-6-4-10/h8-10,15H,3-7H2,1-2H3. The van der Waals surface area contributed by atoms with Gasteiger partial charge in [0.15, 0.2) is 5.69 Å². The number of carbonyl (C=O) groups excluding carboxylic acids is 1. The molecule has 0 radical (unpaired) electrons. The van der Waals surface area contributed by atoms with E-state index in [1.54, 1.807) is 17.9 Å². The Morgan fingerprint density at radius 2 is 2.18 bits per heavy atom. The second kappa shape index (κ2) is 6.27. The molecule has 3 heterocycles. The van der Waals surface area contributed by atoms with Crippen molar-refractivity contribution >= 4 is 5.97 Å². The second-order valence-electron chi connectivity index (χ2n) is 5.58. The SMILES string of the molecule is COC(=O)c1nn(C)cc1-c1cn(CC2CCNCC2)nn1. The average Bonchev–Trinajstić information content (AvgIpc) is 3.14. The third-order valence-electron chi connectivity index (χ3n) is 3.93. The van der Waals surface area contributed by atoms with E-state index >= 15 is 0 Å². The fourth-order valence-electron chi connectivity index (χ4n) is 2.76. The molecule has 2 aromatic rings. The summed E-state index contributed by atoms with van der Waals surface area (Å²) in [5.74, 6) is 0.147. The summed E-state index contributed by atoms with van der Waals surface area (Å²) in [5.41, 5.74) is 1.55. The monoisotopic (exact) mass is 304 g/mol. The minimum atomic E-state index is -0.469. The van der Waals surface area contributed by atoms with Gasteiger partial charge in [-0.05, 0) is 31.8 Å². The summed E-state index contributed by atoms with van der Waals surface area (Å²) < 4.78 is 8.19. The van der Waals surface area contributed by atoms with Crippen molar-refractivity contribution in [3.63, 3.8) is 0 Å². The quantitative estimate of drug-likeness (QED) is 0.826. The number of hydrogen-bond acceptors (Lipinski definition) is 6. The number of hydrogen-bond donors (Lipinski definition) is 1. The molecule has 8 heteroatoms. The van der Waals surface area contributed by atoms with Gasteiger partial charge in [-0.15, -0.1) is 5.10 Å². The predicted molar refractivity (Wildman–Crippen MR) is 79.2 cm³/mol. The molecule has 0 amide bonds. The Bertz CT molecular complexity index is 656. The van der Waals surface area contributed by atoms with Crippen molar-refractivity contribution in [2.24, 2.45) is 13.0 Å². The lowest BCUT2D eigenvalue weighted by Crippen LogP contribution is -2.30. The van der Waals surface area contributed by atoms with E-state index in [1.165, 1.54) is 7.11 Å². The summed E-state index contributed by atoms with van der Waals surface area (Å²) >= 11 is 0. The Kier molecular flexibility index (Phi) is 4.19. The molecule has 0 saturated carbocycles. The molecule has 0 aromatic carbocycles. The van der Waals surface area contributed by atoms with Crippen LogP contribution in [-0.4, -0.2) is 50.9 Å².